The zero-order chi connectivity index (χ0) is 21.2. The first-order chi connectivity index (χ1) is 14.4. The largest absolute Gasteiger partial charge is 0.298 e. The molecular formula is C27H27ClO2. The summed E-state index contributed by atoms with van der Waals surface area (Å²) in [6.07, 6.45) is 2.93. The van der Waals surface area contributed by atoms with Crippen LogP contribution < -0.4 is 0 Å². The number of rotatable bonds is 3. The molecule has 0 aliphatic heterocycles. The summed E-state index contributed by atoms with van der Waals surface area (Å²) in [6, 6.07) is 14.0. The van der Waals surface area contributed by atoms with E-state index in [1.54, 1.807) is 0 Å². The Labute approximate surface area is 183 Å². The van der Waals surface area contributed by atoms with E-state index in [1.165, 1.54) is 11.1 Å². The molecule has 3 aliphatic carbocycles. The van der Waals surface area contributed by atoms with E-state index in [2.05, 4.69) is 39.0 Å². The van der Waals surface area contributed by atoms with Crippen LogP contribution in [0.25, 0.3) is 11.1 Å². The standard InChI is InChI=1S/C27H27ClO2/c1-4-15-5-6-17(16-7-9-18(28)10-8-16)13-21(15)25-26(29)23-19-11-12-20(22(19)14(2)3)24(23)27(25)30/h5-10,13,19-20,23-25H,4,11-12H2,1-3H3/t19?,20?,23-,24+,25?. The third-order valence-electron chi connectivity index (χ3n) is 7.66. The van der Waals surface area contributed by atoms with E-state index in [0.717, 1.165) is 41.5 Å². The fraction of sp³-hybridized carbons (Fsp3) is 0.407. The molecule has 3 heteroatoms. The molecule has 0 aromatic heterocycles. The molecule has 0 amide bonds. The van der Waals surface area contributed by atoms with Crippen molar-refractivity contribution in [3.05, 3.63) is 69.8 Å². The molecule has 2 bridgehead atoms. The Morgan fingerprint density at radius 2 is 1.47 bits per heavy atom. The van der Waals surface area contributed by atoms with Crippen LogP contribution in [0.5, 0.6) is 0 Å². The number of halogens is 1. The molecule has 0 N–H and O–H groups in total. The summed E-state index contributed by atoms with van der Waals surface area (Å²) in [6.45, 7) is 6.37. The van der Waals surface area contributed by atoms with E-state index in [1.807, 2.05) is 24.3 Å². The highest BCUT2D eigenvalue weighted by Crippen LogP contribution is 2.62. The van der Waals surface area contributed by atoms with Crippen LogP contribution in [-0.2, 0) is 16.0 Å². The Morgan fingerprint density at radius 3 is 2.00 bits per heavy atom. The van der Waals surface area contributed by atoms with Crippen molar-refractivity contribution in [3.8, 4) is 11.1 Å². The van der Waals surface area contributed by atoms with Crippen LogP contribution in [0.2, 0.25) is 5.02 Å². The molecular weight excluding hydrogens is 392 g/mol. The van der Waals surface area contributed by atoms with Crippen molar-refractivity contribution in [3.63, 3.8) is 0 Å². The highest BCUT2D eigenvalue weighted by Gasteiger charge is 2.63. The second-order valence-corrected chi connectivity index (χ2v) is 9.75. The second kappa shape index (κ2) is 7.20. The van der Waals surface area contributed by atoms with E-state index in [9.17, 15) is 9.59 Å². The number of Topliss-reactive ketones (excluding diaryl/α,β-unsaturated/α-hetero) is 2. The monoisotopic (exact) mass is 418 g/mol. The maximum absolute atomic E-state index is 13.7. The van der Waals surface area contributed by atoms with Gasteiger partial charge in [-0.1, -0.05) is 53.9 Å². The van der Waals surface area contributed by atoms with E-state index >= 15 is 0 Å². The molecule has 5 rings (SSSR count). The van der Waals surface area contributed by atoms with Crippen LogP contribution in [0, 0.1) is 23.7 Å². The molecule has 3 unspecified atom stereocenters. The van der Waals surface area contributed by atoms with E-state index < -0.39 is 5.92 Å². The van der Waals surface area contributed by atoms with Gasteiger partial charge in [0.15, 0.2) is 11.6 Å². The van der Waals surface area contributed by atoms with Gasteiger partial charge in [0, 0.05) is 16.9 Å². The maximum atomic E-state index is 13.7. The third-order valence-corrected chi connectivity index (χ3v) is 7.91. The van der Waals surface area contributed by atoms with Crippen LogP contribution in [0.15, 0.2) is 53.6 Å². The Kier molecular flexibility index (Phi) is 4.74. The van der Waals surface area contributed by atoms with Crippen molar-refractivity contribution in [1.82, 2.24) is 0 Å². The van der Waals surface area contributed by atoms with Crippen molar-refractivity contribution in [1.29, 1.82) is 0 Å². The molecule has 0 saturated heterocycles. The SMILES string of the molecule is CCc1ccc(-c2ccc(Cl)cc2)cc1C1C(=O)[C@@H]2C3CCC(C3=C(C)C)[C@@H]2C1=O. The zero-order valence-corrected chi connectivity index (χ0v) is 18.5. The molecule has 2 aromatic carbocycles. The van der Waals surface area contributed by atoms with Crippen molar-refractivity contribution in [2.75, 3.05) is 0 Å². The van der Waals surface area contributed by atoms with Crippen molar-refractivity contribution < 1.29 is 9.59 Å². The van der Waals surface area contributed by atoms with Gasteiger partial charge < -0.3 is 0 Å². The first-order valence-corrected chi connectivity index (χ1v) is 11.4. The Hall–Kier alpha value is -2.19. The van der Waals surface area contributed by atoms with Crippen LogP contribution >= 0.6 is 11.6 Å². The van der Waals surface area contributed by atoms with E-state index in [-0.39, 0.29) is 35.2 Å². The van der Waals surface area contributed by atoms with Gasteiger partial charge in [-0.3, -0.25) is 9.59 Å². The molecule has 0 heterocycles. The topological polar surface area (TPSA) is 34.1 Å². The number of ketones is 2. The lowest BCUT2D eigenvalue weighted by Gasteiger charge is -2.20. The lowest BCUT2D eigenvalue weighted by atomic mass is 9.81. The van der Waals surface area contributed by atoms with Crippen molar-refractivity contribution in [2.24, 2.45) is 23.7 Å². The van der Waals surface area contributed by atoms with Gasteiger partial charge in [-0.05, 0) is 85.4 Å². The number of aryl methyl sites for hydroxylation is 1. The Morgan fingerprint density at radius 1 is 0.900 bits per heavy atom. The molecule has 2 nitrogen and oxygen atoms in total. The number of carbonyl (C=O) groups excluding carboxylic acids is 2. The average Bonchev–Trinajstić information content (AvgIpc) is 3.38. The van der Waals surface area contributed by atoms with Gasteiger partial charge in [-0.15, -0.1) is 0 Å². The van der Waals surface area contributed by atoms with Gasteiger partial charge in [0.25, 0.3) is 0 Å². The normalized spacial score (nSPS) is 29.6. The Bertz CT molecular complexity index is 1040. The molecule has 3 saturated carbocycles. The first kappa shape index (κ1) is 19.8. The van der Waals surface area contributed by atoms with Crippen molar-refractivity contribution >= 4 is 23.2 Å². The summed E-state index contributed by atoms with van der Waals surface area (Å²) in [5.74, 6) is 0.110. The van der Waals surface area contributed by atoms with Crippen LogP contribution in [0.4, 0.5) is 0 Å². The zero-order valence-electron chi connectivity index (χ0n) is 17.7. The van der Waals surface area contributed by atoms with E-state index in [0.29, 0.717) is 5.02 Å². The van der Waals surface area contributed by atoms with Crippen LogP contribution in [-0.4, -0.2) is 11.6 Å². The lowest BCUT2D eigenvalue weighted by molar-refractivity contribution is -0.125. The predicted molar refractivity (Wildman–Crippen MR) is 121 cm³/mol. The summed E-state index contributed by atoms with van der Waals surface area (Å²) >= 11 is 6.05. The molecule has 30 heavy (non-hydrogen) atoms. The van der Waals surface area contributed by atoms with Gasteiger partial charge >= 0.3 is 0 Å². The molecule has 2 aromatic rings. The highest BCUT2D eigenvalue weighted by molar-refractivity contribution is 6.30. The fourth-order valence-corrected chi connectivity index (χ4v) is 6.65. The summed E-state index contributed by atoms with van der Waals surface area (Å²) in [5.41, 5.74) is 6.84. The van der Waals surface area contributed by atoms with Gasteiger partial charge in [0.1, 0.15) is 5.92 Å². The van der Waals surface area contributed by atoms with Gasteiger partial charge in [0.2, 0.25) is 0 Å². The predicted octanol–water partition coefficient (Wildman–Crippen LogP) is 6.41. The van der Waals surface area contributed by atoms with Crippen molar-refractivity contribution in [2.45, 2.75) is 46.0 Å². The van der Waals surface area contributed by atoms with Gasteiger partial charge in [0.05, 0.1) is 0 Å². The minimum absolute atomic E-state index is 0.102. The number of carbonyl (C=O) groups is 2. The molecule has 5 atom stereocenters. The fourth-order valence-electron chi connectivity index (χ4n) is 6.52. The van der Waals surface area contributed by atoms with Gasteiger partial charge in [-0.25, -0.2) is 0 Å². The molecule has 0 spiro atoms. The molecule has 3 fully saturated rings. The Balaban J connectivity index is 1.57. The first-order valence-electron chi connectivity index (χ1n) is 11.1. The number of hydrogen-bond donors (Lipinski definition) is 0. The maximum Gasteiger partial charge on any atom is 0.152 e. The minimum Gasteiger partial charge on any atom is -0.298 e. The lowest BCUT2D eigenvalue weighted by Crippen LogP contribution is -2.24. The molecule has 0 radical (unpaired) electrons. The quantitative estimate of drug-likeness (QED) is 0.426. The summed E-state index contributed by atoms with van der Waals surface area (Å²) in [4.78, 5) is 27.3. The summed E-state index contributed by atoms with van der Waals surface area (Å²) in [5, 5.41) is 0.698. The second-order valence-electron chi connectivity index (χ2n) is 9.31. The number of allylic oxidation sites excluding steroid dienone is 2. The van der Waals surface area contributed by atoms with E-state index in [4.69, 9.17) is 11.6 Å². The molecule has 3 aliphatic rings. The highest BCUT2D eigenvalue weighted by atomic mass is 35.5. The minimum atomic E-state index is -0.594. The third kappa shape index (κ3) is 2.76. The number of hydrogen-bond acceptors (Lipinski definition) is 2. The average molecular weight is 419 g/mol. The van der Waals surface area contributed by atoms with Crippen LogP contribution in [0.3, 0.4) is 0 Å². The van der Waals surface area contributed by atoms with Gasteiger partial charge in [-0.2, -0.15) is 0 Å². The number of fused-ring (bicyclic) bond motifs is 5. The molecule has 154 valence electrons. The summed E-state index contributed by atoms with van der Waals surface area (Å²) in [7, 11) is 0. The summed E-state index contributed by atoms with van der Waals surface area (Å²) < 4.78 is 0. The smallest absolute Gasteiger partial charge is 0.152 e. The number of benzene rings is 2. The van der Waals surface area contributed by atoms with Crippen LogP contribution in [0.1, 0.15) is 50.7 Å².